The minimum atomic E-state index is -2.42. The van der Waals surface area contributed by atoms with Crippen LogP contribution in [0.5, 0.6) is 0 Å². The summed E-state index contributed by atoms with van der Waals surface area (Å²) in [5, 5.41) is 1.34. The van der Waals surface area contributed by atoms with Crippen molar-refractivity contribution in [3.63, 3.8) is 0 Å². The fraction of sp³-hybridized carbons (Fsp3) is 0.250. The number of thiazole rings is 1. The zero-order chi connectivity index (χ0) is 5.98. The molecule has 1 heterocycles. The van der Waals surface area contributed by atoms with Crippen LogP contribution in [0.1, 0.15) is 12.1 Å². The van der Waals surface area contributed by atoms with E-state index in [0.717, 1.165) is 0 Å². The Bertz CT molecular complexity index is 149. The van der Waals surface area contributed by atoms with Gasteiger partial charge in [0.1, 0.15) is 5.69 Å². The lowest BCUT2D eigenvalue weighted by Gasteiger charge is -1.86. The van der Waals surface area contributed by atoms with Gasteiger partial charge in [-0.2, -0.15) is 0 Å². The van der Waals surface area contributed by atoms with Gasteiger partial charge in [0.15, 0.2) is 0 Å². The van der Waals surface area contributed by atoms with E-state index in [1.807, 2.05) is 0 Å². The van der Waals surface area contributed by atoms with Crippen molar-refractivity contribution in [2.24, 2.45) is 0 Å². The predicted molar refractivity (Wildman–Crippen MR) is 27.1 cm³/mol. The Morgan fingerprint density at radius 2 is 2.38 bits per heavy atom. The van der Waals surface area contributed by atoms with Crippen LogP contribution in [0.15, 0.2) is 10.9 Å². The first kappa shape index (κ1) is 5.62. The summed E-state index contributed by atoms with van der Waals surface area (Å²) in [5.74, 6) is 0. The van der Waals surface area contributed by atoms with Crippen molar-refractivity contribution in [1.82, 2.24) is 4.98 Å². The van der Waals surface area contributed by atoms with Crippen LogP contribution < -0.4 is 0 Å². The monoisotopic (exact) mass is 135 g/mol. The van der Waals surface area contributed by atoms with Crippen molar-refractivity contribution in [1.29, 1.82) is 0 Å². The van der Waals surface area contributed by atoms with Gasteiger partial charge < -0.3 is 0 Å². The van der Waals surface area contributed by atoms with Gasteiger partial charge in [-0.25, -0.2) is 13.8 Å². The second kappa shape index (κ2) is 2.17. The van der Waals surface area contributed by atoms with Crippen LogP contribution in [0, 0.1) is 0 Å². The third-order valence-corrected chi connectivity index (χ3v) is 1.28. The Hall–Kier alpha value is -0.510. The van der Waals surface area contributed by atoms with E-state index in [4.69, 9.17) is 0 Å². The van der Waals surface area contributed by atoms with Crippen molar-refractivity contribution < 1.29 is 8.78 Å². The fourth-order valence-electron chi connectivity index (χ4n) is 0.330. The van der Waals surface area contributed by atoms with E-state index in [2.05, 4.69) is 4.98 Å². The summed E-state index contributed by atoms with van der Waals surface area (Å²) >= 11 is 1.18. The molecule has 0 aromatic carbocycles. The topological polar surface area (TPSA) is 12.9 Å². The molecule has 0 spiro atoms. The average Bonchev–Trinajstić information content (AvgIpc) is 2.12. The molecule has 1 aromatic rings. The highest BCUT2D eigenvalue weighted by atomic mass is 32.1. The molecule has 0 aliphatic carbocycles. The number of rotatable bonds is 1. The SMILES string of the molecule is FC(F)c1cscn1. The molecule has 0 amide bonds. The van der Waals surface area contributed by atoms with Gasteiger partial charge in [-0.3, -0.25) is 0 Å². The molecule has 4 heteroatoms. The smallest absolute Gasteiger partial charge is 0.244 e. The van der Waals surface area contributed by atoms with Gasteiger partial charge in [-0.15, -0.1) is 11.3 Å². The molecule has 0 atom stereocenters. The molecule has 0 saturated heterocycles. The van der Waals surface area contributed by atoms with Crippen molar-refractivity contribution in [3.05, 3.63) is 16.6 Å². The van der Waals surface area contributed by atoms with Crippen LogP contribution in [-0.2, 0) is 0 Å². The highest BCUT2D eigenvalue weighted by Gasteiger charge is 2.06. The Kier molecular flexibility index (Phi) is 1.53. The van der Waals surface area contributed by atoms with Crippen LogP contribution >= 0.6 is 11.3 Å². The normalized spacial score (nSPS) is 10.4. The summed E-state index contributed by atoms with van der Waals surface area (Å²) in [4.78, 5) is 3.38. The largest absolute Gasteiger partial charge is 0.281 e. The minimum Gasteiger partial charge on any atom is -0.244 e. The predicted octanol–water partition coefficient (Wildman–Crippen LogP) is 2.08. The first-order valence-electron chi connectivity index (χ1n) is 1.97. The average molecular weight is 135 g/mol. The number of alkyl halides is 2. The van der Waals surface area contributed by atoms with Crippen LogP contribution in [0.2, 0.25) is 0 Å². The van der Waals surface area contributed by atoms with Crippen molar-refractivity contribution in [2.75, 3.05) is 0 Å². The van der Waals surface area contributed by atoms with E-state index in [0.29, 0.717) is 0 Å². The van der Waals surface area contributed by atoms with Gasteiger partial charge in [0, 0.05) is 5.38 Å². The van der Waals surface area contributed by atoms with Crippen LogP contribution in [0.25, 0.3) is 0 Å². The molecule has 44 valence electrons. The van der Waals surface area contributed by atoms with Gasteiger partial charge in [0.2, 0.25) is 0 Å². The summed E-state index contributed by atoms with van der Waals surface area (Å²) in [5.41, 5.74) is 1.26. The number of hydrogen-bond acceptors (Lipinski definition) is 2. The quantitative estimate of drug-likeness (QED) is 0.574. The first-order chi connectivity index (χ1) is 3.80. The van der Waals surface area contributed by atoms with E-state index in [1.165, 1.54) is 22.2 Å². The summed E-state index contributed by atoms with van der Waals surface area (Å²) < 4.78 is 23.1. The van der Waals surface area contributed by atoms with Gasteiger partial charge in [0.25, 0.3) is 6.43 Å². The van der Waals surface area contributed by atoms with Gasteiger partial charge in [0.05, 0.1) is 5.51 Å². The van der Waals surface area contributed by atoms with E-state index in [1.54, 1.807) is 0 Å². The molecule has 0 saturated carbocycles. The second-order valence-corrected chi connectivity index (χ2v) is 1.93. The number of nitrogens with zero attached hydrogens (tertiary/aromatic N) is 1. The Morgan fingerprint density at radius 1 is 1.62 bits per heavy atom. The van der Waals surface area contributed by atoms with E-state index < -0.39 is 6.43 Å². The number of hydrogen-bond donors (Lipinski definition) is 0. The first-order valence-corrected chi connectivity index (χ1v) is 2.91. The third-order valence-electron chi connectivity index (χ3n) is 0.675. The Morgan fingerprint density at radius 3 is 2.62 bits per heavy atom. The molecule has 0 aliphatic rings. The molecular formula is C4H3F2NS. The van der Waals surface area contributed by atoms with E-state index in [-0.39, 0.29) is 5.69 Å². The van der Waals surface area contributed by atoms with Gasteiger partial charge >= 0.3 is 0 Å². The Balaban J connectivity index is 2.77. The maximum Gasteiger partial charge on any atom is 0.281 e. The highest BCUT2D eigenvalue weighted by molar-refractivity contribution is 7.07. The molecule has 0 unspecified atom stereocenters. The molecule has 1 aromatic heterocycles. The van der Waals surface area contributed by atoms with Crippen LogP contribution in [0.3, 0.4) is 0 Å². The minimum absolute atomic E-state index is 0.130. The highest BCUT2D eigenvalue weighted by Crippen LogP contribution is 2.16. The van der Waals surface area contributed by atoms with Crippen molar-refractivity contribution in [3.8, 4) is 0 Å². The Labute approximate surface area is 49.0 Å². The van der Waals surface area contributed by atoms with E-state index in [9.17, 15) is 8.78 Å². The number of halogens is 2. The second-order valence-electron chi connectivity index (χ2n) is 1.21. The molecule has 0 bridgehead atoms. The molecule has 8 heavy (non-hydrogen) atoms. The van der Waals surface area contributed by atoms with Crippen LogP contribution in [0.4, 0.5) is 8.78 Å². The van der Waals surface area contributed by atoms with Crippen molar-refractivity contribution in [2.45, 2.75) is 6.43 Å². The molecule has 0 radical (unpaired) electrons. The third kappa shape index (κ3) is 1.01. The molecule has 1 nitrogen and oxygen atoms in total. The summed E-state index contributed by atoms with van der Waals surface area (Å²) in [6.45, 7) is 0. The lowest BCUT2D eigenvalue weighted by atomic mass is 10.5. The zero-order valence-electron chi connectivity index (χ0n) is 3.84. The molecule has 1 rings (SSSR count). The lowest BCUT2D eigenvalue weighted by Crippen LogP contribution is -1.79. The van der Waals surface area contributed by atoms with Gasteiger partial charge in [-0.05, 0) is 0 Å². The molecule has 0 aliphatic heterocycles. The zero-order valence-corrected chi connectivity index (χ0v) is 4.66. The fourth-order valence-corrected chi connectivity index (χ4v) is 0.876. The van der Waals surface area contributed by atoms with Crippen molar-refractivity contribution >= 4 is 11.3 Å². The van der Waals surface area contributed by atoms with E-state index >= 15 is 0 Å². The van der Waals surface area contributed by atoms with Crippen LogP contribution in [-0.4, -0.2) is 4.98 Å². The summed E-state index contributed by atoms with van der Waals surface area (Å²) in [6, 6.07) is 0. The molecule has 0 fully saturated rings. The molecular weight excluding hydrogens is 132 g/mol. The maximum absolute atomic E-state index is 11.5. The number of aromatic nitrogens is 1. The summed E-state index contributed by atoms with van der Waals surface area (Å²) in [7, 11) is 0. The maximum atomic E-state index is 11.5. The van der Waals surface area contributed by atoms with Gasteiger partial charge in [-0.1, -0.05) is 0 Å². The summed E-state index contributed by atoms with van der Waals surface area (Å²) in [6.07, 6.45) is -2.42. The lowest BCUT2D eigenvalue weighted by molar-refractivity contribution is 0.147. The standard InChI is InChI=1S/C4H3F2NS/c5-4(6)3-1-8-2-7-3/h1-2,4H. The molecule has 0 N–H and O–H groups in total.